The van der Waals surface area contributed by atoms with E-state index < -0.39 is 10.8 Å². The second-order valence-electron chi connectivity index (χ2n) is 7.05. The zero-order valence-corrected chi connectivity index (χ0v) is 19.3. The van der Waals surface area contributed by atoms with Crippen LogP contribution in [0.3, 0.4) is 0 Å². The van der Waals surface area contributed by atoms with Crippen LogP contribution in [0.2, 0.25) is 10.0 Å². The maximum absolute atomic E-state index is 12.5. The maximum atomic E-state index is 12.5. The molecule has 0 saturated heterocycles. The van der Waals surface area contributed by atoms with Gasteiger partial charge in [-0.05, 0) is 50.2 Å². The van der Waals surface area contributed by atoms with Crippen LogP contribution in [-0.2, 0) is 0 Å². The molecule has 0 fully saturated rings. The highest BCUT2D eigenvalue weighted by atomic mass is 35.5. The highest BCUT2D eigenvalue weighted by Gasteiger charge is 2.14. The van der Waals surface area contributed by atoms with Crippen LogP contribution in [0.5, 0.6) is 0 Å². The molecule has 2 aromatic carbocycles. The van der Waals surface area contributed by atoms with Crippen molar-refractivity contribution in [3.8, 4) is 5.69 Å². The van der Waals surface area contributed by atoms with Crippen molar-refractivity contribution in [1.82, 2.24) is 9.99 Å². The molecule has 0 aliphatic heterocycles. The molecule has 32 heavy (non-hydrogen) atoms. The third kappa shape index (κ3) is 4.25. The number of nitrogens with one attached hydrogen (secondary N) is 1. The fourth-order valence-corrected chi connectivity index (χ4v) is 4.72. The number of nitrogens with zero attached hydrogens (tertiary/aromatic N) is 3. The number of hydrogen-bond acceptors (Lipinski definition) is 5. The molecule has 4 aromatic rings. The minimum atomic E-state index is -0.464. The number of halogens is 2. The minimum absolute atomic E-state index is 0.0181. The third-order valence-electron chi connectivity index (χ3n) is 4.92. The van der Waals surface area contributed by atoms with Gasteiger partial charge in [-0.25, -0.2) is 5.43 Å². The molecule has 0 radical (unpaired) electrons. The Morgan fingerprint density at radius 3 is 2.69 bits per heavy atom. The quantitative estimate of drug-likeness (QED) is 0.204. The lowest BCUT2D eigenvalue weighted by molar-refractivity contribution is -0.384. The number of rotatable bonds is 5. The van der Waals surface area contributed by atoms with E-state index >= 15 is 0 Å². The van der Waals surface area contributed by atoms with Crippen molar-refractivity contribution in [1.29, 1.82) is 0 Å². The molecular formula is C22H16Cl2N4O3S. The van der Waals surface area contributed by atoms with Crippen molar-refractivity contribution in [2.45, 2.75) is 13.8 Å². The van der Waals surface area contributed by atoms with E-state index in [-0.39, 0.29) is 5.69 Å². The van der Waals surface area contributed by atoms with E-state index in [1.54, 1.807) is 36.5 Å². The van der Waals surface area contributed by atoms with E-state index in [0.717, 1.165) is 27.3 Å². The summed E-state index contributed by atoms with van der Waals surface area (Å²) in [7, 11) is 0. The number of hydrazone groups is 1. The lowest BCUT2D eigenvalue weighted by Gasteiger charge is -2.12. The highest BCUT2D eigenvalue weighted by molar-refractivity contribution is 7.20. The molecule has 1 amide bonds. The predicted molar refractivity (Wildman–Crippen MR) is 129 cm³/mol. The Morgan fingerprint density at radius 1 is 1.16 bits per heavy atom. The first-order valence-electron chi connectivity index (χ1n) is 9.40. The van der Waals surface area contributed by atoms with Crippen LogP contribution >= 0.6 is 34.5 Å². The summed E-state index contributed by atoms with van der Waals surface area (Å²) < 4.78 is 2.75. The lowest BCUT2D eigenvalue weighted by atomic mass is 10.2. The van der Waals surface area contributed by atoms with E-state index in [0.29, 0.717) is 20.3 Å². The average molecular weight is 487 g/mol. The summed E-state index contributed by atoms with van der Waals surface area (Å²) in [6, 6.07) is 13.3. The highest BCUT2D eigenvalue weighted by Crippen LogP contribution is 2.30. The van der Waals surface area contributed by atoms with Gasteiger partial charge in [0.25, 0.3) is 11.6 Å². The van der Waals surface area contributed by atoms with Crippen LogP contribution < -0.4 is 5.43 Å². The van der Waals surface area contributed by atoms with E-state index in [9.17, 15) is 14.9 Å². The molecule has 10 heteroatoms. The molecule has 4 rings (SSSR count). The summed E-state index contributed by atoms with van der Waals surface area (Å²) in [6.45, 7) is 3.86. The van der Waals surface area contributed by atoms with Crippen LogP contribution in [0.1, 0.15) is 26.6 Å². The van der Waals surface area contributed by atoms with E-state index in [1.807, 2.05) is 24.5 Å². The van der Waals surface area contributed by atoms with Gasteiger partial charge in [-0.3, -0.25) is 14.9 Å². The predicted octanol–water partition coefficient (Wildman–Crippen LogP) is 6.29. The number of non-ortho nitro benzene ring substituents is 1. The van der Waals surface area contributed by atoms with Crippen LogP contribution in [0, 0.1) is 24.0 Å². The topological polar surface area (TPSA) is 89.5 Å². The summed E-state index contributed by atoms with van der Waals surface area (Å²) in [5, 5.41) is 16.8. The number of fused-ring (bicyclic) bond motifs is 1. The van der Waals surface area contributed by atoms with Crippen molar-refractivity contribution in [2.24, 2.45) is 5.10 Å². The summed E-state index contributed by atoms with van der Waals surface area (Å²) in [4.78, 5) is 23.4. The number of carbonyl (C=O) groups is 1. The lowest BCUT2D eigenvalue weighted by Crippen LogP contribution is -2.16. The smallest absolute Gasteiger partial charge is 0.281 e. The van der Waals surface area contributed by atoms with Crippen LogP contribution in [0.15, 0.2) is 53.6 Å². The normalized spacial score (nSPS) is 11.4. The van der Waals surface area contributed by atoms with Gasteiger partial charge in [0.1, 0.15) is 0 Å². The molecule has 162 valence electrons. The Bertz CT molecular complexity index is 1410. The van der Waals surface area contributed by atoms with E-state index in [2.05, 4.69) is 10.5 Å². The summed E-state index contributed by atoms with van der Waals surface area (Å²) >= 11 is 13.7. The van der Waals surface area contributed by atoms with E-state index in [1.165, 1.54) is 23.5 Å². The van der Waals surface area contributed by atoms with Crippen molar-refractivity contribution in [3.63, 3.8) is 0 Å². The Hall–Kier alpha value is -3.20. The SMILES string of the molecule is Cc1cc(/C=N\NC(=O)c2cc3cc([N+](=O)[O-])ccc3s2)c(C)n1-c1cc(Cl)ccc1Cl. The third-order valence-corrected chi connectivity index (χ3v) is 6.59. The Kier molecular flexibility index (Phi) is 6.01. The fraction of sp³-hybridized carbons (Fsp3) is 0.0909. The van der Waals surface area contributed by atoms with Crippen LogP contribution in [0.25, 0.3) is 15.8 Å². The van der Waals surface area contributed by atoms with Crippen LogP contribution in [-0.4, -0.2) is 21.6 Å². The molecule has 0 atom stereocenters. The Morgan fingerprint density at radius 2 is 1.94 bits per heavy atom. The Balaban J connectivity index is 1.54. The zero-order valence-electron chi connectivity index (χ0n) is 16.9. The average Bonchev–Trinajstić information content (AvgIpc) is 3.30. The number of nitro benzene ring substituents is 1. The van der Waals surface area contributed by atoms with Gasteiger partial charge in [0.15, 0.2) is 0 Å². The number of benzene rings is 2. The molecular weight excluding hydrogens is 471 g/mol. The molecule has 0 aliphatic rings. The number of aromatic nitrogens is 1. The number of thiophene rings is 1. The van der Waals surface area contributed by atoms with Crippen molar-refractivity contribution >= 4 is 62.4 Å². The largest absolute Gasteiger partial charge is 0.316 e. The van der Waals surface area contributed by atoms with E-state index in [4.69, 9.17) is 23.2 Å². The van der Waals surface area contributed by atoms with Crippen molar-refractivity contribution in [3.05, 3.63) is 90.5 Å². The molecule has 7 nitrogen and oxygen atoms in total. The minimum Gasteiger partial charge on any atom is -0.316 e. The van der Waals surface area contributed by atoms with Crippen molar-refractivity contribution in [2.75, 3.05) is 0 Å². The molecule has 0 bridgehead atoms. The van der Waals surface area contributed by atoms with Gasteiger partial charge in [-0.2, -0.15) is 5.10 Å². The van der Waals surface area contributed by atoms with Gasteiger partial charge in [0.05, 0.1) is 26.7 Å². The van der Waals surface area contributed by atoms with Crippen molar-refractivity contribution < 1.29 is 9.72 Å². The van der Waals surface area contributed by atoms with Crippen LogP contribution in [0.4, 0.5) is 5.69 Å². The number of nitro groups is 1. The number of aryl methyl sites for hydroxylation is 1. The molecule has 0 unspecified atom stereocenters. The van der Waals surface area contributed by atoms with Gasteiger partial charge >= 0.3 is 0 Å². The molecule has 0 aliphatic carbocycles. The first kappa shape index (κ1) is 22.0. The fourth-order valence-electron chi connectivity index (χ4n) is 3.42. The maximum Gasteiger partial charge on any atom is 0.281 e. The number of hydrogen-bond donors (Lipinski definition) is 1. The number of amides is 1. The monoisotopic (exact) mass is 486 g/mol. The van der Waals surface area contributed by atoms with Gasteiger partial charge < -0.3 is 4.57 Å². The molecule has 1 N–H and O–H groups in total. The Labute approximate surface area is 197 Å². The molecule has 2 heterocycles. The first-order chi connectivity index (χ1) is 15.2. The van der Waals surface area contributed by atoms with Gasteiger partial charge in [-0.15, -0.1) is 11.3 Å². The second-order valence-corrected chi connectivity index (χ2v) is 8.97. The summed E-state index contributed by atoms with van der Waals surface area (Å²) in [5.41, 5.74) is 5.89. The summed E-state index contributed by atoms with van der Waals surface area (Å²) in [6.07, 6.45) is 1.56. The molecule has 0 saturated carbocycles. The van der Waals surface area contributed by atoms with Gasteiger partial charge in [0.2, 0.25) is 0 Å². The molecule has 2 aromatic heterocycles. The standard InChI is InChI=1S/C22H16Cl2N4O3S/c1-12-7-15(13(2)27(12)19-10-16(23)3-5-18(19)24)11-25-26-22(29)21-9-14-8-17(28(30)31)4-6-20(14)32-21/h3-11H,1-2H3,(H,26,29)/b25-11-. The second kappa shape index (κ2) is 8.74. The summed E-state index contributed by atoms with van der Waals surface area (Å²) in [5.74, 6) is -0.392. The van der Waals surface area contributed by atoms with Gasteiger partial charge in [-0.1, -0.05) is 23.2 Å². The zero-order chi connectivity index (χ0) is 23.0. The van der Waals surface area contributed by atoms with Gasteiger partial charge in [0, 0.05) is 44.2 Å². The molecule has 0 spiro atoms. The number of carbonyl (C=O) groups excluding carboxylic acids is 1. The first-order valence-corrected chi connectivity index (χ1v) is 11.0.